The van der Waals surface area contributed by atoms with Gasteiger partial charge in [0.1, 0.15) is 6.04 Å². The molecule has 3 amide bonds. The molecule has 3 rings (SSSR count). The first-order valence-electron chi connectivity index (χ1n) is 11.4. The molecule has 6 nitrogen and oxygen atoms in total. The fraction of sp³-hybridized carbons (Fsp3) is 0.423. The summed E-state index contributed by atoms with van der Waals surface area (Å²) in [6.45, 7) is 6.08. The number of anilines is 1. The molecule has 0 heterocycles. The first-order chi connectivity index (χ1) is 15.3. The summed E-state index contributed by atoms with van der Waals surface area (Å²) in [6, 6.07) is 14.1. The molecule has 2 aromatic rings. The van der Waals surface area contributed by atoms with Crippen LogP contribution >= 0.6 is 0 Å². The molecule has 0 bridgehead atoms. The molecule has 1 fully saturated rings. The van der Waals surface area contributed by atoms with Gasteiger partial charge in [-0.2, -0.15) is 0 Å². The topological polar surface area (TPSA) is 87.3 Å². The molecule has 0 radical (unpaired) electrons. The number of carbonyl (C=O) groups excluding carboxylic acids is 3. The highest BCUT2D eigenvalue weighted by molar-refractivity contribution is 5.97. The summed E-state index contributed by atoms with van der Waals surface area (Å²) in [5.74, 6) is -0.401. The average molecular weight is 436 g/mol. The maximum Gasteiger partial charge on any atom is 0.251 e. The smallest absolute Gasteiger partial charge is 0.251 e. The van der Waals surface area contributed by atoms with Crippen LogP contribution in [0.5, 0.6) is 0 Å². The third kappa shape index (κ3) is 6.42. The van der Waals surface area contributed by atoms with Crippen LogP contribution in [0.15, 0.2) is 48.5 Å². The molecule has 2 aromatic carbocycles. The van der Waals surface area contributed by atoms with Gasteiger partial charge in [0.05, 0.1) is 0 Å². The summed E-state index contributed by atoms with van der Waals surface area (Å²) < 4.78 is 0. The Morgan fingerprint density at radius 1 is 1.00 bits per heavy atom. The number of amides is 3. The fourth-order valence-electron chi connectivity index (χ4n) is 3.95. The minimum absolute atomic E-state index is 0.0681. The second kappa shape index (κ2) is 10.9. The zero-order valence-electron chi connectivity index (χ0n) is 19.1. The van der Waals surface area contributed by atoms with E-state index in [2.05, 4.69) is 16.0 Å². The number of carbonyl (C=O) groups is 3. The van der Waals surface area contributed by atoms with Gasteiger partial charge >= 0.3 is 0 Å². The van der Waals surface area contributed by atoms with Gasteiger partial charge in [0.15, 0.2) is 0 Å². The number of rotatable bonds is 8. The van der Waals surface area contributed by atoms with Gasteiger partial charge in [-0.3, -0.25) is 14.4 Å². The minimum Gasteiger partial charge on any atom is -0.350 e. The summed E-state index contributed by atoms with van der Waals surface area (Å²) in [5, 5.41) is 8.76. The van der Waals surface area contributed by atoms with Crippen LogP contribution in [0.4, 0.5) is 5.69 Å². The van der Waals surface area contributed by atoms with Crippen molar-refractivity contribution in [2.75, 3.05) is 5.32 Å². The van der Waals surface area contributed by atoms with Crippen LogP contribution in [-0.2, 0) is 16.1 Å². The maximum atomic E-state index is 12.8. The summed E-state index contributed by atoms with van der Waals surface area (Å²) in [7, 11) is 0. The van der Waals surface area contributed by atoms with E-state index >= 15 is 0 Å². The van der Waals surface area contributed by atoms with Crippen molar-refractivity contribution in [3.8, 4) is 0 Å². The molecule has 3 N–H and O–H groups in total. The van der Waals surface area contributed by atoms with E-state index in [0.717, 1.165) is 42.5 Å². The molecule has 170 valence electrons. The zero-order chi connectivity index (χ0) is 23.1. The molecular weight excluding hydrogens is 402 g/mol. The van der Waals surface area contributed by atoms with Crippen molar-refractivity contribution < 1.29 is 14.4 Å². The first-order valence-corrected chi connectivity index (χ1v) is 11.4. The van der Waals surface area contributed by atoms with E-state index in [1.54, 1.807) is 12.1 Å². The lowest BCUT2D eigenvalue weighted by Gasteiger charge is -2.22. The third-order valence-electron chi connectivity index (χ3n) is 5.94. The van der Waals surface area contributed by atoms with Gasteiger partial charge in [-0.25, -0.2) is 0 Å². The zero-order valence-corrected chi connectivity index (χ0v) is 19.1. The van der Waals surface area contributed by atoms with E-state index in [1.807, 2.05) is 57.2 Å². The molecule has 1 saturated carbocycles. The van der Waals surface area contributed by atoms with Crippen LogP contribution in [0.1, 0.15) is 61.0 Å². The van der Waals surface area contributed by atoms with Gasteiger partial charge in [0.25, 0.3) is 5.91 Å². The number of nitrogens with one attached hydrogen (secondary N) is 3. The standard InChI is InChI=1S/C26H33N3O3/c1-17(2)23(29-25(31)21-13-11-18(3)12-14-21)26(32)27-16-19-7-6-10-22(15-19)28-24(30)20-8-4-5-9-20/h6-7,10-15,17,20,23H,4-5,8-9,16H2,1-3H3,(H,27,32)(H,28,30)(H,29,31). The molecule has 0 saturated heterocycles. The van der Waals surface area contributed by atoms with Crippen LogP contribution in [-0.4, -0.2) is 23.8 Å². The second-order valence-electron chi connectivity index (χ2n) is 8.95. The summed E-state index contributed by atoms with van der Waals surface area (Å²) in [5.41, 5.74) is 3.22. The first kappa shape index (κ1) is 23.5. The highest BCUT2D eigenvalue weighted by Crippen LogP contribution is 2.26. The highest BCUT2D eigenvalue weighted by Gasteiger charge is 2.25. The van der Waals surface area contributed by atoms with Crippen LogP contribution in [0.3, 0.4) is 0 Å². The Kier molecular flexibility index (Phi) is 8.03. The molecular formula is C26H33N3O3. The van der Waals surface area contributed by atoms with Crippen LogP contribution in [0, 0.1) is 18.8 Å². The molecule has 32 heavy (non-hydrogen) atoms. The lowest BCUT2D eigenvalue weighted by molar-refractivity contribution is -0.124. The number of hydrogen-bond donors (Lipinski definition) is 3. The van der Waals surface area contributed by atoms with Gasteiger partial charge < -0.3 is 16.0 Å². The van der Waals surface area contributed by atoms with Crippen molar-refractivity contribution in [2.24, 2.45) is 11.8 Å². The van der Waals surface area contributed by atoms with Gasteiger partial charge in [-0.15, -0.1) is 0 Å². The van der Waals surface area contributed by atoms with Crippen LogP contribution < -0.4 is 16.0 Å². The molecule has 0 aromatic heterocycles. The van der Waals surface area contributed by atoms with Gasteiger partial charge in [0, 0.05) is 23.7 Å². The molecule has 6 heteroatoms. The summed E-state index contributed by atoms with van der Waals surface area (Å²) in [6.07, 6.45) is 4.13. The van der Waals surface area contributed by atoms with E-state index < -0.39 is 6.04 Å². The predicted octanol–water partition coefficient (Wildman–Crippen LogP) is 4.19. The third-order valence-corrected chi connectivity index (χ3v) is 5.94. The van der Waals surface area contributed by atoms with Crippen molar-refractivity contribution in [1.29, 1.82) is 0 Å². The van der Waals surface area contributed by atoms with E-state index in [0.29, 0.717) is 12.1 Å². The summed E-state index contributed by atoms with van der Waals surface area (Å²) >= 11 is 0. The molecule has 1 aliphatic carbocycles. The summed E-state index contributed by atoms with van der Waals surface area (Å²) in [4.78, 5) is 37.8. The Labute approximate surface area is 190 Å². The van der Waals surface area contributed by atoms with Crippen LogP contribution in [0.25, 0.3) is 0 Å². The van der Waals surface area contributed by atoms with Gasteiger partial charge in [-0.05, 0) is 55.5 Å². The number of hydrogen-bond acceptors (Lipinski definition) is 3. The molecule has 1 atom stereocenters. The van der Waals surface area contributed by atoms with Crippen LogP contribution in [0.2, 0.25) is 0 Å². The monoisotopic (exact) mass is 435 g/mol. The Morgan fingerprint density at radius 3 is 2.34 bits per heavy atom. The highest BCUT2D eigenvalue weighted by atomic mass is 16.2. The second-order valence-corrected chi connectivity index (χ2v) is 8.95. The fourth-order valence-corrected chi connectivity index (χ4v) is 3.95. The molecule has 1 aliphatic rings. The van der Waals surface area contributed by atoms with E-state index in [9.17, 15) is 14.4 Å². The SMILES string of the molecule is Cc1ccc(C(=O)NC(C(=O)NCc2cccc(NC(=O)C3CCCC3)c2)C(C)C)cc1. The Bertz CT molecular complexity index is 947. The van der Waals surface area contributed by atoms with Crippen molar-refractivity contribution in [3.63, 3.8) is 0 Å². The molecule has 1 unspecified atom stereocenters. The van der Waals surface area contributed by atoms with E-state index in [4.69, 9.17) is 0 Å². The molecule has 0 aliphatic heterocycles. The normalized spacial score (nSPS) is 14.8. The lowest BCUT2D eigenvalue weighted by atomic mass is 10.0. The van der Waals surface area contributed by atoms with Crippen molar-refractivity contribution in [1.82, 2.24) is 10.6 Å². The lowest BCUT2D eigenvalue weighted by Crippen LogP contribution is -2.49. The van der Waals surface area contributed by atoms with E-state index in [1.165, 1.54) is 0 Å². The largest absolute Gasteiger partial charge is 0.350 e. The van der Waals surface area contributed by atoms with Gasteiger partial charge in [0.2, 0.25) is 11.8 Å². The Morgan fingerprint density at radius 2 is 1.69 bits per heavy atom. The van der Waals surface area contributed by atoms with Crippen molar-refractivity contribution in [3.05, 3.63) is 65.2 Å². The predicted molar refractivity (Wildman–Crippen MR) is 126 cm³/mol. The number of aryl methyl sites for hydroxylation is 1. The number of benzene rings is 2. The quantitative estimate of drug-likeness (QED) is 0.581. The maximum absolute atomic E-state index is 12.8. The van der Waals surface area contributed by atoms with Gasteiger partial charge in [-0.1, -0.05) is 56.5 Å². The molecule has 0 spiro atoms. The van der Waals surface area contributed by atoms with Crippen molar-refractivity contribution in [2.45, 2.75) is 59.0 Å². The Balaban J connectivity index is 1.57. The minimum atomic E-state index is -0.644. The Hall–Kier alpha value is -3.15. The van der Waals surface area contributed by atoms with E-state index in [-0.39, 0.29) is 29.6 Å². The van der Waals surface area contributed by atoms with Crippen molar-refractivity contribution >= 4 is 23.4 Å². The average Bonchev–Trinajstić information content (AvgIpc) is 3.31.